The second-order valence-electron chi connectivity index (χ2n) is 5.72. The van der Waals surface area contributed by atoms with Gasteiger partial charge in [0.25, 0.3) is 0 Å². The molecule has 3 heteroatoms. The summed E-state index contributed by atoms with van der Waals surface area (Å²) < 4.78 is 0. The number of carbonyl (C=O) groups is 1. The van der Waals surface area contributed by atoms with Crippen LogP contribution in [0.1, 0.15) is 43.5 Å². The highest BCUT2D eigenvalue weighted by Gasteiger charge is 2.24. The molecule has 0 spiro atoms. The summed E-state index contributed by atoms with van der Waals surface area (Å²) in [5, 5.41) is 14.2. The fourth-order valence-corrected chi connectivity index (χ4v) is 2.67. The Hall–Kier alpha value is -1.97. The quantitative estimate of drug-likeness (QED) is 0.823. The lowest BCUT2D eigenvalue weighted by molar-refractivity contribution is -0.117. The molecule has 2 rings (SSSR count). The molecular formula is C19H23NO2. The molecule has 22 heavy (non-hydrogen) atoms. The van der Waals surface area contributed by atoms with Crippen LogP contribution >= 0.6 is 0 Å². The minimum Gasteiger partial charge on any atom is -0.386 e. The first-order valence-corrected chi connectivity index (χ1v) is 7.61. The number of nitrogens with one attached hydrogen (secondary N) is 1. The SMILES string of the molecule is CC(=O)CC(C)NC(c1ccccc1)C(O)c1ccccc1. The summed E-state index contributed by atoms with van der Waals surface area (Å²) in [6, 6.07) is 19.2. The third kappa shape index (κ3) is 4.52. The van der Waals surface area contributed by atoms with Crippen molar-refractivity contribution in [1.82, 2.24) is 5.32 Å². The Morgan fingerprint density at radius 1 is 1.00 bits per heavy atom. The minimum absolute atomic E-state index is 0.000989. The first-order chi connectivity index (χ1) is 10.6. The van der Waals surface area contributed by atoms with E-state index in [0.29, 0.717) is 6.42 Å². The second-order valence-corrected chi connectivity index (χ2v) is 5.72. The monoisotopic (exact) mass is 297 g/mol. The van der Waals surface area contributed by atoms with E-state index < -0.39 is 6.10 Å². The molecule has 0 fully saturated rings. The molecule has 0 aliphatic rings. The molecule has 0 saturated heterocycles. The van der Waals surface area contributed by atoms with Crippen molar-refractivity contribution in [3.63, 3.8) is 0 Å². The van der Waals surface area contributed by atoms with Crippen LogP contribution in [0.25, 0.3) is 0 Å². The molecule has 0 aliphatic carbocycles. The van der Waals surface area contributed by atoms with Gasteiger partial charge in [-0.2, -0.15) is 0 Å². The van der Waals surface area contributed by atoms with Crippen molar-refractivity contribution in [2.24, 2.45) is 0 Å². The van der Waals surface area contributed by atoms with Crippen LogP contribution in [-0.2, 0) is 4.79 Å². The van der Waals surface area contributed by atoms with E-state index in [2.05, 4.69) is 5.32 Å². The van der Waals surface area contributed by atoms with Gasteiger partial charge in [-0.1, -0.05) is 60.7 Å². The van der Waals surface area contributed by atoms with E-state index in [-0.39, 0.29) is 17.9 Å². The molecule has 3 atom stereocenters. The number of benzene rings is 2. The van der Waals surface area contributed by atoms with Crippen molar-refractivity contribution in [1.29, 1.82) is 0 Å². The second kappa shape index (κ2) is 7.87. The summed E-state index contributed by atoms with van der Waals surface area (Å²) in [5.74, 6) is 0.140. The molecule has 0 aliphatic heterocycles. The Bertz CT molecular complexity index is 583. The number of hydrogen-bond donors (Lipinski definition) is 2. The molecule has 0 amide bonds. The van der Waals surface area contributed by atoms with Gasteiger partial charge in [0.15, 0.2) is 0 Å². The van der Waals surface area contributed by atoms with Gasteiger partial charge < -0.3 is 10.4 Å². The van der Waals surface area contributed by atoms with Crippen molar-refractivity contribution in [3.8, 4) is 0 Å². The van der Waals surface area contributed by atoms with Crippen LogP contribution in [-0.4, -0.2) is 16.9 Å². The van der Waals surface area contributed by atoms with E-state index in [0.717, 1.165) is 11.1 Å². The molecule has 0 saturated carbocycles. The van der Waals surface area contributed by atoms with Gasteiger partial charge in [-0.25, -0.2) is 0 Å². The summed E-state index contributed by atoms with van der Waals surface area (Å²) in [6.45, 7) is 3.55. The zero-order chi connectivity index (χ0) is 15.9. The lowest BCUT2D eigenvalue weighted by Crippen LogP contribution is -2.35. The topological polar surface area (TPSA) is 49.3 Å². The van der Waals surface area contributed by atoms with Crippen LogP contribution in [0.15, 0.2) is 60.7 Å². The Balaban J connectivity index is 2.24. The molecule has 2 aromatic rings. The van der Waals surface area contributed by atoms with Crippen LogP contribution < -0.4 is 5.32 Å². The third-order valence-electron chi connectivity index (χ3n) is 3.67. The number of aliphatic hydroxyl groups excluding tert-OH is 1. The summed E-state index contributed by atoms with van der Waals surface area (Å²) in [6.07, 6.45) is -0.219. The van der Waals surface area contributed by atoms with Gasteiger partial charge in [-0.05, 0) is 25.0 Å². The molecule has 0 radical (unpaired) electrons. The molecular weight excluding hydrogens is 274 g/mol. The van der Waals surface area contributed by atoms with Gasteiger partial charge in [-0.15, -0.1) is 0 Å². The molecule has 116 valence electrons. The number of rotatable bonds is 7. The van der Waals surface area contributed by atoms with Crippen LogP contribution in [0, 0.1) is 0 Å². The van der Waals surface area contributed by atoms with Gasteiger partial charge >= 0.3 is 0 Å². The predicted octanol–water partition coefficient (Wildman–Crippen LogP) is 3.42. The van der Waals surface area contributed by atoms with E-state index in [1.165, 1.54) is 0 Å². The van der Waals surface area contributed by atoms with Crippen LogP contribution in [0.5, 0.6) is 0 Å². The zero-order valence-electron chi connectivity index (χ0n) is 13.1. The van der Waals surface area contributed by atoms with Crippen molar-refractivity contribution in [3.05, 3.63) is 71.8 Å². The summed E-state index contributed by atoms with van der Waals surface area (Å²) in [4.78, 5) is 11.3. The van der Waals surface area contributed by atoms with Crippen LogP contribution in [0.3, 0.4) is 0 Å². The van der Waals surface area contributed by atoms with Gasteiger partial charge in [-0.3, -0.25) is 4.79 Å². The Morgan fingerprint density at radius 2 is 1.50 bits per heavy atom. The highest BCUT2D eigenvalue weighted by Crippen LogP contribution is 2.29. The first kappa shape index (κ1) is 16.4. The third-order valence-corrected chi connectivity index (χ3v) is 3.67. The van der Waals surface area contributed by atoms with E-state index in [1.54, 1.807) is 6.92 Å². The number of hydrogen-bond acceptors (Lipinski definition) is 3. The van der Waals surface area contributed by atoms with Gasteiger partial charge in [0.1, 0.15) is 5.78 Å². The highest BCUT2D eigenvalue weighted by atomic mass is 16.3. The molecule has 0 heterocycles. The average Bonchev–Trinajstić information content (AvgIpc) is 2.53. The van der Waals surface area contributed by atoms with Gasteiger partial charge in [0.05, 0.1) is 12.1 Å². The minimum atomic E-state index is -0.669. The molecule has 0 aromatic heterocycles. The van der Waals surface area contributed by atoms with Gasteiger partial charge in [0.2, 0.25) is 0 Å². The Morgan fingerprint density at radius 3 is 2.00 bits per heavy atom. The highest BCUT2D eigenvalue weighted by molar-refractivity contribution is 5.76. The van der Waals surface area contributed by atoms with Crippen LogP contribution in [0.2, 0.25) is 0 Å². The normalized spacial score (nSPS) is 15.0. The van der Waals surface area contributed by atoms with Crippen molar-refractivity contribution >= 4 is 5.78 Å². The first-order valence-electron chi connectivity index (χ1n) is 7.61. The summed E-state index contributed by atoms with van der Waals surface area (Å²) >= 11 is 0. The lowest BCUT2D eigenvalue weighted by atomic mass is 9.94. The summed E-state index contributed by atoms with van der Waals surface area (Å²) in [5.41, 5.74) is 1.87. The van der Waals surface area contributed by atoms with E-state index in [1.807, 2.05) is 67.6 Å². The maximum absolute atomic E-state index is 11.3. The van der Waals surface area contributed by atoms with Gasteiger partial charge in [0, 0.05) is 12.5 Å². The standard InChI is InChI=1S/C19H23NO2/c1-14(13-15(2)21)20-18(16-9-5-3-6-10-16)19(22)17-11-7-4-8-12-17/h3-12,14,18-20,22H,13H2,1-2H3. The van der Waals surface area contributed by atoms with Crippen LogP contribution in [0.4, 0.5) is 0 Å². The number of carbonyl (C=O) groups excluding carboxylic acids is 1. The predicted molar refractivity (Wildman–Crippen MR) is 88.5 cm³/mol. The fourth-order valence-electron chi connectivity index (χ4n) is 2.67. The van der Waals surface area contributed by atoms with E-state index in [9.17, 15) is 9.90 Å². The number of aliphatic hydroxyl groups is 1. The molecule has 0 bridgehead atoms. The fraction of sp³-hybridized carbons (Fsp3) is 0.316. The lowest BCUT2D eigenvalue weighted by Gasteiger charge is -2.28. The molecule has 2 aromatic carbocycles. The summed E-state index contributed by atoms with van der Waals surface area (Å²) in [7, 11) is 0. The molecule has 3 nitrogen and oxygen atoms in total. The van der Waals surface area contributed by atoms with Crippen molar-refractivity contribution < 1.29 is 9.90 Å². The molecule has 3 unspecified atom stereocenters. The maximum Gasteiger partial charge on any atom is 0.131 e. The van der Waals surface area contributed by atoms with E-state index >= 15 is 0 Å². The largest absolute Gasteiger partial charge is 0.386 e. The average molecular weight is 297 g/mol. The number of ketones is 1. The molecule has 2 N–H and O–H groups in total. The number of Topliss-reactive ketones (excluding diaryl/α,β-unsaturated/α-hetero) is 1. The van der Waals surface area contributed by atoms with Crippen molar-refractivity contribution in [2.45, 2.75) is 38.5 Å². The Labute approximate surface area is 132 Å². The van der Waals surface area contributed by atoms with Crippen molar-refractivity contribution in [2.75, 3.05) is 0 Å². The zero-order valence-corrected chi connectivity index (χ0v) is 13.1. The smallest absolute Gasteiger partial charge is 0.131 e. The Kier molecular flexibility index (Phi) is 5.87. The maximum atomic E-state index is 11.3. The van der Waals surface area contributed by atoms with E-state index in [4.69, 9.17) is 0 Å².